The number of ether oxygens (including phenoxy) is 3. The second-order valence-corrected chi connectivity index (χ2v) is 8.31. The topological polar surface area (TPSA) is 90.9 Å². The van der Waals surface area contributed by atoms with Gasteiger partial charge in [-0.3, -0.25) is 4.79 Å². The Bertz CT molecular complexity index is 506. The number of carbonyl (C=O) groups excluding carboxylic acids is 2. The first-order chi connectivity index (χ1) is 9.94. The maximum atomic E-state index is 12.2. The van der Waals surface area contributed by atoms with E-state index in [1.807, 2.05) is 0 Å². The summed E-state index contributed by atoms with van der Waals surface area (Å²) < 4.78 is 29.5. The highest BCUT2D eigenvalue weighted by molar-refractivity contribution is 7.84. The minimum atomic E-state index is -1.47. The van der Waals surface area contributed by atoms with Crippen LogP contribution >= 0.6 is 0 Å². The molecule has 1 N–H and O–H groups in total. The van der Waals surface area contributed by atoms with Gasteiger partial charge in [-0.1, -0.05) is 0 Å². The number of esters is 2. The summed E-state index contributed by atoms with van der Waals surface area (Å²) in [7, 11) is -0.230. The van der Waals surface area contributed by atoms with Crippen molar-refractivity contribution in [2.24, 2.45) is 0 Å². The Balaban J connectivity index is 2.89. The van der Waals surface area contributed by atoms with Gasteiger partial charge in [0.2, 0.25) is 5.79 Å². The molecule has 2 atom stereocenters. The lowest BCUT2D eigenvalue weighted by atomic mass is 10.1. The van der Waals surface area contributed by atoms with Crippen molar-refractivity contribution in [3.63, 3.8) is 0 Å². The number of cyclic esters (lactones) is 1. The normalized spacial score (nSPS) is 20.3. The summed E-state index contributed by atoms with van der Waals surface area (Å²) in [5, 5.41) is 0. The molecule has 7 nitrogen and oxygen atoms in total. The molecule has 22 heavy (non-hydrogen) atoms. The van der Waals surface area contributed by atoms with Crippen molar-refractivity contribution in [1.29, 1.82) is 0 Å². The van der Waals surface area contributed by atoms with E-state index in [0.717, 1.165) is 0 Å². The molecular formula is C14H23NO6S. The number of hydrogen-bond donors (Lipinski definition) is 1. The summed E-state index contributed by atoms with van der Waals surface area (Å²) in [4.78, 5) is 23.4. The zero-order chi connectivity index (χ0) is 17.1. The third-order valence-corrected chi connectivity index (χ3v) is 4.31. The minimum absolute atomic E-state index is 0.0347. The van der Waals surface area contributed by atoms with Gasteiger partial charge in [0.05, 0.1) is 28.9 Å². The van der Waals surface area contributed by atoms with Crippen LogP contribution in [0.15, 0.2) is 11.8 Å². The van der Waals surface area contributed by atoms with Gasteiger partial charge in [0.25, 0.3) is 0 Å². The number of nitrogens with one attached hydrogen (secondary N) is 1. The van der Waals surface area contributed by atoms with E-state index in [2.05, 4.69) is 4.72 Å². The molecule has 0 fully saturated rings. The second-order valence-electron chi connectivity index (χ2n) is 6.31. The van der Waals surface area contributed by atoms with Gasteiger partial charge in [0.1, 0.15) is 11.8 Å². The van der Waals surface area contributed by atoms with Crippen molar-refractivity contribution < 1.29 is 28.0 Å². The quantitative estimate of drug-likeness (QED) is 0.759. The Hall–Kier alpha value is -1.41. The maximum absolute atomic E-state index is 12.2. The zero-order valence-electron chi connectivity index (χ0n) is 13.7. The van der Waals surface area contributed by atoms with Gasteiger partial charge in [-0.05, 0) is 20.8 Å². The van der Waals surface area contributed by atoms with Gasteiger partial charge in [0, 0.05) is 20.3 Å². The van der Waals surface area contributed by atoms with E-state index >= 15 is 0 Å². The van der Waals surface area contributed by atoms with Crippen LogP contribution in [0.1, 0.15) is 41.0 Å². The molecule has 0 saturated heterocycles. The SMILES string of the molecule is COC(=O)[C@H](CC1=CC(=O)OC(C)(C)O1)NS(=O)C(C)(C)C. The van der Waals surface area contributed by atoms with E-state index in [-0.39, 0.29) is 12.2 Å². The molecule has 0 aromatic heterocycles. The fourth-order valence-corrected chi connectivity index (χ4v) is 2.48. The van der Waals surface area contributed by atoms with Crippen LogP contribution in [0.25, 0.3) is 0 Å². The lowest BCUT2D eigenvalue weighted by Gasteiger charge is -2.32. The predicted octanol–water partition coefficient (Wildman–Crippen LogP) is 1.16. The van der Waals surface area contributed by atoms with Crippen molar-refractivity contribution in [3.8, 4) is 0 Å². The Kier molecular flexibility index (Phi) is 5.75. The summed E-state index contributed by atoms with van der Waals surface area (Å²) in [5.41, 5.74) is 0. The summed E-state index contributed by atoms with van der Waals surface area (Å²) in [6.07, 6.45) is 1.20. The van der Waals surface area contributed by atoms with E-state index in [1.165, 1.54) is 13.2 Å². The number of hydrogen-bond acceptors (Lipinski definition) is 6. The Labute approximate surface area is 133 Å². The Morgan fingerprint density at radius 1 is 1.41 bits per heavy atom. The molecule has 1 rings (SSSR count). The van der Waals surface area contributed by atoms with Gasteiger partial charge in [0.15, 0.2) is 0 Å². The predicted molar refractivity (Wildman–Crippen MR) is 80.8 cm³/mol. The number of rotatable bonds is 5. The molecule has 0 saturated carbocycles. The first kappa shape index (κ1) is 18.6. The van der Waals surface area contributed by atoms with Crippen molar-refractivity contribution in [3.05, 3.63) is 11.8 Å². The highest BCUT2D eigenvalue weighted by atomic mass is 32.2. The van der Waals surface area contributed by atoms with Gasteiger partial charge >= 0.3 is 11.9 Å². The molecule has 1 aliphatic heterocycles. The molecule has 0 amide bonds. The van der Waals surface area contributed by atoms with E-state index in [9.17, 15) is 13.8 Å². The summed E-state index contributed by atoms with van der Waals surface area (Å²) in [6, 6.07) is -0.891. The fraction of sp³-hybridized carbons (Fsp3) is 0.714. The Morgan fingerprint density at radius 3 is 2.45 bits per heavy atom. The summed E-state index contributed by atoms with van der Waals surface area (Å²) in [6.45, 7) is 8.52. The summed E-state index contributed by atoms with van der Waals surface area (Å²) in [5.74, 6) is -1.97. The van der Waals surface area contributed by atoms with Crippen molar-refractivity contribution in [2.75, 3.05) is 7.11 Å². The van der Waals surface area contributed by atoms with Crippen LogP contribution in [-0.2, 0) is 34.8 Å². The Morgan fingerprint density at radius 2 is 2.00 bits per heavy atom. The van der Waals surface area contributed by atoms with Crippen molar-refractivity contribution >= 4 is 22.9 Å². The highest BCUT2D eigenvalue weighted by Crippen LogP contribution is 2.25. The molecule has 1 heterocycles. The third kappa shape index (κ3) is 5.42. The minimum Gasteiger partial charge on any atom is -0.468 e. The molecule has 0 aliphatic carbocycles. The largest absolute Gasteiger partial charge is 0.468 e. The first-order valence-corrected chi connectivity index (χ1v) is 7.98. The van der Waals surface area contributed by atoms with Crippen LogP contribution < -0.4 is 4.72 Å². The molecule has 0 spiro atoms. The smallest absolute Gasteiger partial charge is 0.337 e. The van der Waals surface area contributed by atoms with Gasteiger partial charge in [-0.2, -0.15) is 0 Å². The molecule has 0 radical (unpaired) electrons. The fourth-order valence-electron chi connectivity index (χ4n) is 1.69. The maximum Gasteiger partial charge on any atom is 0.337 e. The van der Waals surface area contributed by atoms with E-state index in [0.29, 0.717) is 0 Å². The lowest BCUT2D eigenvalue weighted by Crippen LogP contribution is -2.45. The number of carbonyl (C=O) groups is 2. The highest BCUT2D eigenvalue weighted by Gasteiger charge is 2.34. The number of methoxy groups -OCH3 is 1. The molecule has 1 aliphatic rings. The molecule has 1 unspecified atom stereocenters. The van der Waals surface area contributed by atoms with Crippen LogP contribution in [0, 0.1) is 0 Å². The lowest BCUT2D eigenvalue weighted by molar-refractivity contribution is -0.206. The van der Waals surface area contributed by atoms with Gasteiger partial charge < -0.3 is 14.2 Å². The third-order valence-electron chi connectivity index (χ3n) is 2.70. The molecule has 8 heteroatoms. The standard InChI is InChI=1S/C14H23NO6S/c1-13(2,3)22(18)15-10(12(17)19-6)7-9-8-11(16)21-14(4,5)20-9/h8,10,15H,7H2,1-6H3/t10-,22?/m0/s1. The second kappa shape index (κ2) is 6.78. The van der Waals surface area contributed by atoms with Crippen LogP contribution in [0.5, 0.6) is 0 Å². The zero-order valence-corrected chi connectivity index (χ0v) is 14.5. The van der Waals surface area contributed by atoms with E-state index < -0.39 is 39.5 Å². The van der Waals surface area contributed by atoms with E-state index in [1.54, 1.807) is 34.6 Å². The van der Waals surface area contributed by atoms with E-state index in [4.69, 9.17) is 14.2 Å². The van der Waals surface area contributed by atoms with Crippen LogP contribution in [-0.4, -0.2) is 39.8 Å². The van der Waals surface area contributed by atoms with Crippen molar-refractivity contribution in [2.45, 2.75) is 57.6 Å². The monoisotopic (exact) mass is 333 g/mol. The molecular weight excluding hydrogens is 310 g/mol. The average molecular weight is 333 g/mol. The molecule has 0 aromatic rings. The van der Waals surface area contributed by atoms with Crippen LogP contribution in [0.3, 0.4) is 0 Å². The first-order valence-electron chi connectivity index (χ1n) is 6.83. The van der Waals surface area contributed by atoms with Crippen LogP contribution in [0.2, 0.25) is 0 Å². The van der Waals surface area contributed by atoms with Gasteiger partial charge in [-0.15, -0.1) is 0 Å². The molecule has 0 bridgehead atoms. The molecule has 0 aromatic carbocycles. The molecule has 126 valence electrons. The van der Waals surface area contributed by atoms with Crippen molar-refractivity contribution in [1.82, 2.24) is 4.72 Å². The average Bonchev–Trinajstić information content (AvgIpc) is 2.33. The van der Waals surface area contributed by atoms with Crippen LogP contribution in [0.4, 0.5) is 0 Å². The van der Waals surface area contributed by atoms with Gasteiger partial charge in [-0.25, -0.2) is 13.7 Å². The summed E-state index contributed by atoms with van der Waals surface area (Å²) >= 11 is 0.